The standard InChI is InChI=1S/C13H15ClN2OS/c1-9(17)11-4-3-7-15-13(11)16(2)8-10-5-6-12(14)18-10/h3-7,9,17H,8H2,1-2H3. The van der Waals surface area contributed by atoms with E-state index >= 15 is 0 Å². The van der Waals surface area contributed by atoms with E-state index in [1.807, 2.05) is 36.2 Å². The molecule has 0 aliphatic heterocycles. The number of hydrogen-bond acceptors (Lipinski definition) is 4. The quantitative estimate of drug-likeness (QED) is 0.933. The van der Waals surface area contributed by atoms with Crippen LogP contribution >= 0.6 is 22.9 Å². The number of aliphatic hydroxyl groups excluding tert-OH is 1. The van der Waals surface area contributed by atoms with Gasteiger partial charge in [-0.25, -0.2) is 4.98 Å². The van der Waals surface area contributed by atoms with Gasteiger partial charge in [0.2, 0.25) is 0 Å². The van der Waals surface area contributed by atoms with Gasteiger partial charge in [0.05, 0.1) is 17.0 Å². The van der Waals surface area contributed by atoms with Crippen LogP contribution in [0, 0.1) is 0 Å². The molecule has 1 atom stereocenters. The zero-order valence-electron chi connectivity index (χ0n) is 10.3. The highest BCUT2D eigenvalue weighted by atomic mass is 35.5. The summed E-state index contributed by atoms with van der Waals surface area (Å²) in [5, 5.41) is 9.74. The van der Waals surface area contributed by atoms with Gasteiger partial charge in [-0.1, -0.05) is 17.7 Å². The van der Waals surface area contributed by atoms with Gasteiger partial charge in [-0.15, -0.1) is 11.3 Å². The largest absolute Gasteiger partial charge is 0.389 e. The summed E-state index contributed by atoms with van der Waals surface area (Å²) in [5.41, 5.74) is 0.836. The summed E-state index contributed by atoms with van der Waals surface area (Å²) in [7, 11) is 1.96. The van der Waals surface area contributed by atoms with E-state index in [0.29, 0.717) is 0 Å². The molecule has 2 aromatic heterocycles. The van der Waals surface area contributed by atoms with Gasteiger partial charge in [0.15, 0.2) is 0 Å². The lowest BCUT2D eigenvalue weighted by molar-refractivity contribution is 0.199. The fraction of sp³-hybridized carbons (Fsp3) is 0.308. The van der Waals surface area contributed by atoms with E-state index < -0.39 is 6.10 Å². The highest BCUT2D eigenvalue weighted by molar-refractivity contribution is 7.16. The number of pyridine rings is 1. The topological polar surface area (TPSA) is 36.4 Å². The van der Waals surface area contributed by atoms with Crippen molar-refractivity contribution in [3.05, 3.63) is 45.2 Å². The van der Waals surface area contributed by atoms with Crippen molar-refractivity contribution in [2.45, 2.75) is 19.6 Å². The Labute approximate surface area is 116 Å². The van der Waals surface area contributed by atoms with Gasteiger partial charge in [-0.3, -0.25) is 0 Å². The molecule has 2 aromatic rings. The molecule has 5 heteroatoms. The summed E-state index contributed by atoms with van der Waals surface area (Å²) >= 11 is 7.47. The molecule has 0 aliphatic rings. The van der Waals surface area contributed by atoms with Crippen LogP contribution in [0.3, 0.4) is 0 Å². The predicted molar refractivity (Wildman–Crippen MR) is 76.3 cm³/mol. The lowest BCUT2D eigenvalue weighted by atomic mass is 10.1. The van der Waals surface area contributed by atoms with Gasteiger partial charge in [-0.2, -0.15) is 0 Å². The maximum absolute atomic E-state index is 9.74. The number of anilines is 1. The number of hydrogen-bond donors (Lipinski definition) is 1. The second-order valence-corrected chi connectivity index (χ2v) is 5.95. The molecule has 1 N–H and O–H groups in total. The summed E-state index contributed by atoms with van der Waals surface area (Å²) in [6.45, 7) is 2.48. The fourth-order valence-electron chi connectivity index (χ4n) is 1.80. The first-order valence-corrected chi connectivity index (χ1v) is 6.85. The molecule has 0 radical (unpaired) electrons. The summed E-state index contributed by atoms with van der Waals surface area (Å²) in [6, 6.07) is 7.63. The SMILES string of the molecule is CC(O)c1cccnc1N(C)Cc1ccc(Cl)s1. The third kappa shape index (κ3) is 3.02. The van der Waals surface area contributed by atoms with E-state index in [9.17, 15) is 5.11 Å². The summed E-state index contributed by atoms with van der Waals surface area (Å²) < 4.78 is 0.787. The van der Waals surface area contributed by atoms with Crippen LogP contribution in [0.1, 0.15) is 23.5 Å². The minimum Gasteiger partial charge on any atom is -0.389 e. The molecular weight excluding hydrogens is 268 g/mol. The lowest BCUT2D eigenvalue weighted by Crippen LogP contribution is -2.19. The highest BCUT2D eigenvalue weighted by Gasteiger charge is 2.13. The first-order valence-electron chi connectivity index (χ1n) is 5.66. The van der Waals surface area contributed by atoms with Gasteiger partial charge in [0, 0.05) is 23.7 Å². The van der Waals surface area contributed by atoms with Gasteiger partial charge in [0.25, 0.3) is 0 Å². The van der Waals surface area contributed by atoms with Gasteiger partial charge in [0.1, 0.15) is 5.82 Å². The van der Waals surface area contributed by atoms with Gasteiger partial charge in [-0.05, 0) is 25.1 Å². The maximum Gasteiger partial charge on any atom is 0.134 e. The molecule has 0 fully saturated rings. The molecule has 0 amide bonds. The number of aromatic nitrogens is 1. The first-order chi connectivity index (χ1) is 8.58. The molecule has 3 nitrogen and oxygen atoms in total. The van der Waals surface area contributed by atoms with E-state index in [0.717, 1.165) is 22.3 Å². The van der Waals surface area contributed by atoms with Crippen molar-refractivity contribution in [2.24, 2.45) is 0 Å². The number of rotatable bonds is 4. The molecule has 2 rings (SSSR count). The predicted octanol–water partition coefficient (Wildman–Crippen LogP) is 3.49. The van der Waals surface area contributed by atoms with Crippen molar-refractivity contribution in [1.29, 1.82) is 0 Å². The third-order valence-electron chi connectivity index (χ3n) is 2.65. The zero-order valence-corrected chi connectivity index (χ0v) is 11.9. The average molecular weight is 283 g/mol. The van der Waals surface area contributed by atoms with Crippen molar-refractivity contribution in [3.63, 3.8) is 0 Å². The molecule has 0 aliphatic carbocycles. The molecule has 2 heterocycles. The van der Waals surface area contributed by atoms with E-state index in [2.05, 4.69) is 4.98 Å². The van der Waals surface area contributed by atoms with Crippen LogP contribution in [-0.4, -0.2) is 17.1 Å². The Bertz CT molecular complexity index is 527. The van der Waals surface area contributed by atoms with Crippen molar-refractivity contribution < 1.29 is 5.11 Å². The Kier molecular flexibility index (Phi) is 4.22. The van der Waals surface area contributed by atoms with Crippen LogP contribution in [0.4, 0.5) is 5.82 Å². The Hall–Kier alpha value is -1.10. The van der Waals surface area contributed by atoms with Crippen LogP contribution in [0.15, 0.2) is 30.5 Å². The van der Waals surface area contributed by atoms with E-state index in [4.69, 9.17) is 11.6 Å². The summed E-state index contributed by atoms with van der Waals surface area (Å²) in [6.07, 6.45) is 1.21. The van der Waals surface area contributed by atoms with E-state index in [1.165, 1.54) is 4.88 Å². The van der Waals surface area contributed by atoms with Crippen molar-refractivity contribution in [2.75, 3.05) is 11.9 Å². The minimum absolute atomic E-state index is 0.525. The van der Waals surface area contributed by atoms with Crippen molar-refractivity contribution >= 4 is 28.8 Å². The van der Waals surface area contributed by atoms with Crippen LogP contribution in [0.25, 0.3) is 0 Å². The monoisotopic (exact) mass is 282 g/mol. The molecule has 1 unspecified atom stereocenters. The van der Waals surface area contributed by atoms with Crippen molar-refractivity contribution in [1.82, 2.24) is 4.98 Å². The van der Waals surface area contributed by atoms with Gasteiger partial charge < -0.3 is 10.0 Å². The number of nitrogens with zero attached hydrogens (tertiary/aromatic N) is 2. The number of thiophene rings is 1. The molecule has 96 valence electrons. The molecule has 18 heavy (non-hydrogen) atoms. The average Bonchev–Trinajstić information content (AvgIpc) is 2.74. The third-order valence-corrected chi connectivity index (χ3v) is 3.87. The molecule has 0 aromatic carbocycles. The second-order valence-electron chi connectivity index (χ2n) is 4.15. The Morgan fingerprint density at radius 3 is 2.83 bits per heavy atom. The Morgan fingerprint density at radius 2 is 2.22 bits per heavy atom. The van der Waals surface area contributed by atoms with E-state index in [-0.39, 0.29) is 0 Å². The Balaban J connectivity index is 2.20. The van der Waals surface area contributed by atoms with Crippen molar-refractivity contribution in [3.8, 4) is 0 Å². The van der Waals surface area contributed by atoms with Crippen LogP contribution in [0.5, 0.6) is 0 Å². The van der Waals surface area contributed by atoms with Gasteiger partial charge >= 0.3 is 0 Å². The number of halogens is 1. The minimum atomic E-state index is -0.525. The molecule has 0 saturated heterocycles. The smallest absolute Gasteiger partial charge is 0.134 e. The molecular formula is C13H15ClN2OS. The fourth-order valence-corrected chi connectivity index (χ4v) is 2.94. The van der Waals surface area contributed by atoms with Crippen LogP contribution in [0.2, 0.25) is 4.34 Å². The first kappa shape index (κ1) is 13.3. The summed E-state index contributed by atoms with van der Waals surface area (Å²) in [4.78, 5) is 7.53. The Morgan fingerprint density at radius 1 is 1.44 bits per heavy atom. The molecule has 0 saturated carbocycles. The van der Waals surface area contributed by atoms with E-state index in [1.54, 1.807) is 24.5 Å². The normalized spacial score (nSPS) is 12.4. The van der Waals surface area contributed by atoms with Crippen LogP contribution in [-0.2, 0) is 6.54 Å². The maximum atomic E-state index is 9.74. The highest BCUT2D eigenvalue weighted by Crippen LogP contribution is 2.27. The second kappa shape index (κ2) is 5.69. The lowest BCUT2D eigenvalue weighted by Gasteiger charge is -2.21. The summed E-state index contributed by atoms with van der Waals surface area (Å²) in [5.74, 6) is 0.803. The number of aliphatic hydroxyl groups is 1. The zero-order chi connectivity index (χ0) is 13.1. The molecule has 0 bridgehead atoms. The van der Waals surface area contributed by atoms with Crippen LogP contribution < -0.4 is 4.90 Å². The molecule has 0 spiro atoms.